The summed E-state index contributed by atoms with van der Waals surface area (Å²) in [4.78, 5) is 4.82. The van der Waals surface area contributed by atoms with Crippen molar-refractivity contribution in [1.29, 1.82) is 0 Å². The van der Waals surface area contributed by atoms with Crippen molar-refractivity contribution in [2.75, 3.05) is 7.05 Å². The van der Waals surface area contributed by atoms with Gasteiger partial charge < -0.3 is 5.32 Å². The Bertz CT molecular complexity index is 379. The fraction of sp³-hybridized carbons (Fsp3) is 0.769. The lowest BCUT2D eigenvalue weighted by atomic mass is 9.84. The Labute approximate surface area is 102 Å². The standard InChI is InChI=1S/C13H22N2S/c1-9(2)10-8-16-11(15-10)13(4,14-5)12(3)6-7-12/h8-9,14H,6-7H2,1-5H3. The van der Waals surface area contributed by atoms with Crippen LogP contribution in [0.25, 0.3) is 0 Å². The van der Waals surface area contributed by atoms with Crippen LogP contribution in [0.1, 0.15) is 57.2 Å². The molecule has 1 aromatic rings. The summed E-state index contributed by atoms with van der Waals surface area (Å²) in [6, 6.07) is 0. The van der Waals surface area contributed by atoms with Crippen molar-refractivity contribution < 1.29 is 0 Å². The number of nitrogens with one attached hydrogen (secondary N) is 1. The van der Waals surface area contributed by atoms with Crippen LogP contribution in [-0.4, -0.2) is 12.0 Å². The first-order valence-corrected chi connectivity index (χ1v) is 6.96. The SMILES string of the molecule is CNC(C)(c1nc(C(C)C)cs1)C1(C)CC1. The number of nitrogens with zero attached hydrogens (tertiary/aromatic N) is 1. The molecule has 0 aliphatic heterocycles. The number of thiazole rings is 1. The summed E-state index contributed by atoms with van der Waals surface area (Å²) >= 11 is 1.80. The number of hydrogen-bond acceptors (Lipinski definition) is 3. The van der Waals surface area contributed by atoms with Crippen molar-refractivity contribution >= 4 is 11.3 Å². The third-order valence-electron chi connectivity index (χ3n) is 4.25. The van der Waals surface area contributed by atoms with Crippen molar-refractivity contribution in [2.24, 2.45) is 5.41 Å². The van der Waals surface area contributed by atoms with Crippen molar-refractivity contribution in [2.45, 2.75) is 52.0 Å². The van der Waals surface area contributed by atoms with E-state index in [0.717, 1.165) is 0 Å². The lowest BCUT2D eigenvalue weighted by Crippen LogP contribution is -2.44. The van der Waals surface area contributed by atoms with Gasteiger partial charge in [0.05, 0.1) is 11.2 Å². The maximum atomic E-state index is 4.82. The highest BCUT2D eigenvalue weighted by atomic mass is 32.1. The Hall–Kier alpha value is -0.410. The molecule has 0 radical (unpaired) electrons. The van der Waals surface area contributed by atoms with E-state index in [1.807, 2.05) is 0 Å². The van der Waals surface area contributed by atoms with E-state index in [1.165, 1.54) is 23.5 Å². The first-order chi connectivity index (χ1) is 7.43. The average molecular weight is 238 g/mol. The molecule has 90 valence electrons. The summed E-state index contributed by atoms with van der Waals surface area (Å²) in [5.41, 5.74) is 1.67. The topological polar surface area (TPSA) is 24.9 Å². The Morgan fingerprint density at radius 2 is 2.12 bits per heavy atom. The van der Waals surface area contributed by atoms with Crippen molar-refractivity contribution in [3.05, 3.63) is 16.1 Å². The lowest BCUT2D eigenvalue weighted by molar-refractivity contribution is 0.243. The molecule has 1 atom stereocenters. The summed E-state index contributed by atoms with van der Waals surface area (Å²) in [5, 5.41) is 6.96. The van der Waals surface area contributed by atoms with E-state index in [0.29, 0.717) is 11.3 Å². The quantitative estimate of drug-likeness (QED) is 0.868. The van der Waals surface area contributed by atoms with Crippen LogP contribution in [0.5, 0.6) is 0 Å². The van der Waals surface area contributed by atoms with Gasteiger partial charge >= 0.3 is 0 Å². The van der Waals surface area contributed by atoms with Gasteiger partial charge in [0.25, 0.3) is 0 Å². The maximum Gasteiger partial charge on any atom is 0.113 e. The highest BCUT2D eigenvalue weighted by molar-refractivity contribution is 7.09. The summed E-state index contributed by atoms with van der Waals surface area (Å²) < 4.78 is 0. The zero-order chi connectivity index (χ0) is 12.0. The molecule has 2 nitrogen and oxygen atoms in total. The summed E-state index contributed by atoms with van der Waals surface area (Å²) in [5.74, 6) is 0.526. The highest BCUT2D eigenvalue weighted by Crippen LogP contribution is 2.58. The monoisotopic (exact) mass is 238 g/mol. The Kier molecular flexibility index (Phi) is 2.87. The number of aromatic nitrogens is 1. The van der Waals surface area contributed by atoms with Gasteiger partial charge in [-0.1, -0.05) is 20.8 Å². The van der Waals surface area contributed by atoms with Gasteiger partial charge in [0.15, 0.2) is 0 Å². The first-order valence-electron chi connectivity index (χ1n) is 6.08. The number of hydrogen-bond donors (Lipinski definition) is 1. The van der Waals surface area contributed by atoms with Gasteiger partial charge in [-0.2, -0.15) is 0 Å². The van der Waals surface area contributed by atoms with Crippen molar-refractivity contribution in [1.82, 2.24) is 10.3 Å². The fourth-order valence-corrected chi connectivity index (χ4v) is 3.43. The van der Waals surface area contributed by atoms with E-state index in [1.54, 1.807) is 11.3 Å². The van der Waals surface area contributed by atoms with Gasteiger partial charge in [-0.15, -0.1) is 11.3 Å². The van der Waals surface area contributed by atoms with Gasteiger partial charge in [0.1, 0.15) is 5.01 Å². The predicted octanol–water partition coefficient (Wildman–Crippen LogP) is 3.50. The summed E-state index contributed by atoms with van der Waals surface area (Å²) in [6.07, 6.45) is 2.61. The predicted molar refractivity (Wildman–Crippen MR) is 70.0 cm³/mol. The molecule has 1 aliphatic rings. The van der Waals surface area contributed by atoms with Crippen molar-refractivity contribution in [3.8, 4) is 0 Å². The zero-order valence-electron chi connectivity index (χ0n) is 10.9. The van der Waals surface area contributed by atoms with Crippen LogP contribution >= 0.6 is 11.3 Å². The zero-order valence-corrected chi connectivity index (χ0v) is 11.7. The van der Waals surface area contributed by atoms with Crippen LogP contribution < -0.4 is 5.32 Å². The minimum absolute atomic E-state index is 0.0464. The van der Waals surface area contributed by atoms with E-state index < -0.39 is 0 Å². The molecule has 1 aliphatic carbocycles. The smallest absolute Gasteiger partial charge is 0.113 e. The minimum Gasteiger partial charge on any atom is -0.308 e. The van der Waals surface area contributed by atoms with E-state index in [9.17, 15) is 0 Å². The molecule has 3 heteroatoms. The second kappa shape index (κ2) is 3.81. The number of rotatable bonds is 4. The van der Waals surface area contributed by atoms with Crippen LogP contribution in [0, 0.1) is 5.41 Å². The molecule has 0 aromatic carbocycles. The molecule has 1 unspecified atom stereocenters. The fourth-order valence-electron chi connectivity index (χ4n) is 2.14. The second-order valence-electron chi connectivity index (χ2n) is 5.67. The lowest BCUT2D eigenvalue weighted by Gasteiger charge is -2.34. The molecule has 2 rings (SSSR count). The van der Waals surface area contributed by atoms with Gasteiger partial charge in [0, 0.05) is 5.38 Å². The maximum absolute atomic E-state index is 4.82. The first kappa shape index (κ1) is 12.1. The van der Waals surface area contributed by atoms with Gasteiger partial charge in [-0.3, -0.25) is 0 Å². The Morgan fingerprint density at radius 3 is 2.50 bits per heavy atom. The molecule has 1 heterocycles. The summed E-state index contributed by atoms with van der Waals surface area (Å²) in [7, 11) is 2.06. The molecule has 1 N–H and O–H groups in total. The van der Waals surface area contributed by atoms with E-state index in [4.69, 9.17) is 4.98 Å². The van der Waals surface area contributed by atoms with Gasteiger partial charge in [-0.25, -0.2) is 4.98 Å². The molecule has 0 saturated heterocycles. The molecule has 0 spiro atoms. The van der Waals surface area contributed by atoms with E-state index in [2.05, 4.69) is 45.4 Å². The Morgan fingerprint density at radius 1 is 1.50 bits per heavy atom. The molecule has 16 heavy (non-hydrogen) atoms. The normalized spacial score (nSPS) is 22.1. The molecular weight excluding hydrogens is 216 g/mol. The second-order valence-corrected chi connectivity index (χ2v) is 6.53. The largest absolute Gasteiger partial charge is 0.308 e. The molecule has 1 saturated carbocycles. The van der Waals surface area contributed by atoms with Gasteiger partial charge in [-0.05, 0) is 38.1 Å². The average Bonchev–Trinajstić information content (AvgIpc) is 2.84. The van der Waals surface area contributed by atoms with Gasteiger partial charge in [0.2, 0.25) is 0 Å². The van der Waals surface area contributed by atoms with Crippen LogP contribution in [0.4, 0.5) is 0 Å². The Balaban J connectivity index is 2.33. The molecular formula is C13H22N2S. The third kappa shape index (κ3) is 1.70. The molecule has 1 aromatic heterocycles. The van der Waals surface area contributed by atoms with E-state index >= 15 is 0 Å². The van der Waals surface area contributed by atoms with Crippen LogP contribution in [0.3, 0.4) is 0 Å². The third-order valence-corrected chi connectivity index (χ3v) is 5.33. The molecule has 1 fully saturated rings. The highest BCUT2D eigenvalue weighted by Gasteiger charge is 2.54. The van der Waals surface area contributed by atoms with Crippen LogP contribution in [0.15, 0.2) is 5.38 Å². The molecule has 0 bridgehead atoms. The van der Waals surface area contributed by atoms with Crippen molar-refractivity contribution in [3.63, 3.8) is 0 Å². The minimum atomic E-state index is 0.0464. The molecule has 0 amide bonds. The van der Waals surface area contributed by atoms with E-state index in [-0.39, 0.29) is 5.54 Å². The van der Waals surface area contributed by atoms with Crippen LogP contribution in [0.2, 0.25) is 0 Å². The summed E-state index contributed by atoms with van der Waals surface area (Å²) in [6.45, 7) is 9.06. The van der Waals surface area contributed by atoms with Crippen LogP contribution in [-0.2, 0) is 5.54 Å².